The molecule has 6 fully saturated rings. The van der Waals surface area contributed by atoms with Gasteiger partial charge in [-0.15, -0.1) is 0 Å². The smallest absolute Gasteiger partial charge is 0.314 e. The lowest BCUT2D eigenvalue weighted by molar-refractivity contribution is -0.443. The van der Waals surface area contributed by atoms with Gasteiger partial charge in [0.25, 0.3) is 0 Å². The molecular weight excluding hydrogens is 508 g/mol. The Morgan fingerprint density at radius 3 is 2.44 bits per heavy atom. The molecule has 0 radical (unpaired) electrons. The van der Waals surface area contributed by atoms with Gasteiger partial charge in [0.15, 0.2) is 17.0 Å². The van der Waals surface area contributed by atoms with Crippen LogP contribution in [0, 0.1) is 23.7 Å². The maximum atomic E-state index is 13.7. The summed E-state index contributed by atoms with van der Waals surface area (Å²) in [5.74, 6) is -5.81. The monoisotopic (exact) mass is 542 g/mol. The summed E-state index contributed by atoms with van der Waals surface area (Å²) in [7, 11) is 0. The van der Waals surface area contributed by atoms with Crippen LogP contribution in [0.25, 0.3) is 0 Å². The van der Waals surface area contributed by atoms with Crippen LogP contribution in [0.15, 0.2) is 42.5 Å². The number of hydrogen-bond acceptors (Lipinski definition) is 10. The second kappa shape index (κ2) is 7.55. The Hall–Kier alpha value is -2.18. The van der Waals surface area contributed by atoms with Gasteiger partial charge in [0.05, 0.1) is 12.2 Å². The number of Topliss-reactive ketones (excluding diaryl/α,β-unsaturated/α-hetero) is 1. The zero-order valence-corrected chi connectivity index (χ0v) is 22.3. The minimum atomic E-state index is -2.29. The summed E-state index contributed by atoms with van der Waals surface area (Å²) >= 11 is 0. The highest BCUT2D eigenvalue weighted by Gasteiger charge is 2.91. The maximum Gasteiger partial charge on any atom is 0.314 e. The molecule has 0 amide bonds. The van der Waals surface area contributed by atoms with E-state index in [9.17, 15) is 24.9 Å². The molecule has 1 aromatic rings. The van der Waals surface area contributed by atoms with Crippen molar-refractivity contribution >= 4 is 11.8 Å². The van der Waals surface area contributed by atoms with Gasteiger partial charge in [0, 0.05) is 36.2 Å². The quantitative estimate of drug-likeness (QED) is 0.286. The number of fused-ring (bicyclic) bond motifs is 3. The number of carbonyl (C=O) groups is 2. The summed E-state index contributed by atoms with van der Waals surface area (Å²) in [6.07, 6.45) is -4.18. The molecule has 3 saturated heterocycles. The van der Waals surface area contributed by atoms with E-state index in [-0.39, 0.29) is 6.42 Å². The summed E-state index contributed by atoms with van der Waals surface area (Å²) in [4.78, 5) is 26.2. The van der Waals surface area contributed by atoms with E-state index in [2.05, 4.69) is 6.58 Å². The number of esters is 1. The number of ether oxygens (including phenoxy) is 5. The van der Waals surface area contributed by atoms with Crippen molar-refractivity contribution in [3.63, 3.8) is 0 Å². The van der Waals surface area contributed by atoms with Crippen LogP contribution in [0.3, 0.4) is 0 Å². The topological polar surface area (TPSA) is 144 Å². The van der Waals surface area contributed by atoms with Crippen molar-refractivity contribution in [1.29, 1.82) is 0 Å². The first-order valence-electron chi connectivity index (χ1n) is 13.6. The number of benzene rings is 1. The van der Waals surface area contributed by atoms with Crippen LogP contribution in [0.4, 0.5) is 0 Å². The molecule has 3 heterocycles. The van der Waals surface area contributed by atoms with Crippen LogP contribution in [0.1, 0.15) is 39.7 Å². The van der Waals surface area contributed by atoms with E-state index in [0.717, 1.165) is 0 Å². The van der Waals surface area contributed by atoms with Gasteiger partial charge in [-0.05, 0) is 18.9 Å². The molecule has 210 valence electrons. The van der Waals surface area contributed by atoms with Crippen molar-refractivity contribution in [1.82, 2.24) is 0 Å². The predicted octanol–water partition coefficient (Wildman–Crippen LogP) is 0.954. The van der Waals surface area contributed by atoms with Crippen molar-refractivity contribution in [2.24, 2.45) is 23.7 Å². The number of aliphatic hydroxyl groups is 3. The fraction of sp³-hybridized carbons (Fsp3) is 0.655. The molecule has 10 nitrogen and oxygen atoms in total. The van der Waals surface area contributed by atoms with E-state index >= 15 is 0 Å². The van der Waals surface area contributed by atoms with Gasteiger partial charge in [-0.25, -0.2) is 0 Å². The molecule has 7 rings (SSSR count). The molecule has 10 heteroatoms. The Kier molecular flexibility index (Phi) is 4.99. The SMILES string of the molecule is C=C(C)[C@@]12O[C@@]3(c4ccccc4)O[C@@H]1[C@@H]1[C@@H]4O[C@]4(CO)[C@@H](O)[C@]4(O)C(=O)[C@H](C)C[C@H]4[C@@]1(O3)[C@H](C)[C@H]2OC(C)=O. The van der Waals surface area contributed by atoms with Crippen molar-refractivity contribution in [2.45, 2.75) is 86.9 Å². The molecule has 3 aliphatic heterocycles. The molecule has 0 spiro atoms. The first-order chi connectivity index (χ1) is 18.4. The fourth-order valence-electron chi connectivity index (χ4n) is 8.94. The van der Waals surface area contributed by atoms with Gasteiger partial charge in [-0.2, -0.15) is 0 Å². The molecular formula is C29H34O10. The molecule has 39 heavy (non-hydrogen) atoms. The van der Waals surface area contributed by atoms with Crippen LogP contribution in [0.5, 0.6) is 0 Å². The number of epoxide rings is 1. The third-order valence-corrected chi connectivity index (χ3v) is 10.6. The van der Waals surface area contributed by atoms with E-state index in [4.69, 9.17) is 23.7 Å². The van der Waals surface area contributed by atoms with Gasteiger partial charge in [-0.1, -0.05) is 50.8 Å². The normalized spacial score (nSPS) is 54.4. The Labute approximate surface area is 225 Å². The Bertz CT molecular complexity index is 1280. The zero-order valence-electron chi connectivity index (χ0n) is 22.3. The zero-order chi connectivity index (χ0) is 27.9. The van der Waals surface area contributed by atoms with E-state index in [0.29, 0.717) is 11.1 Å². The lowest BCUT2D eigenvalue weighted by atomic mass is 9.52. The number of hydrogen-bond donors (Lipinski definition) is 3. The van der Waals surface area contributed by atoms with Crippen LogP contribution >= 0.6 is 0 Å². The van der Waals surface area contributed by atoms with Crippen LogP contribution in [-0.2, 0) is 39.2 Å². The fourth-order valence-corrected chi connectivity index (χ4v) is 8.94. The Morgan fingerprint density at radius 2 is 1.82 bits per heavy atom. The van der Waals surface area contributed by atoms with E-state index in [1.807, 2.05) is 25.1 Å². The van der Waals surface area contributed by atoms with Crippen LogP contribution < -0.4 is 0 Å². The molecule has 0 unspecified atom stereocenters. The first kappa shape index (κ1) is 25.8. The largest absolute Gasteiger partial charge is 0.459 e. The predicted molar refractivity (Wildman–Crippen MR) is 132 cm³/mol. The molecule has 6 aliphatic rings. The minimum Gasteiger partial charge on any atom is -0.459 e. The highest BCUT2D eigenvalue weighted by atomic mass is 16.9. The number of rotatable bonds is 4. The summed E-state index contributed by atoms with van der Waals surface area (Å²) in [6.45, 7) is 10.2. The molecule has 0 aromatic heterocycles. The lowest BCUT2D eigenvalue weighted by Gasteiger charge is -2.61. The number of ketones is 1. The van der Waals surface area contributed by atoms with Crippen molar-refractivity contribution in [2.75, 3.05) is 6.61 Å². The first-order valence-corrected chi connectivity index (χ1v) is 13.6. The highest BCUT2D eigenvalue weighted by molar-refractivity contribution is 5.93. The van der Waals surface area contributed by atoms with Gasteiger partial charge >= 0.3 is 11.9 Å². The molecule has 3 saturated carbocycles. The molecule has 13 atom stereocenters. The van der Waals surface area contributed by atoms with Gasteiger partial charge in [-0.3, -0.25) is 9.59 Å². The standard InChI is InChI=1S/C29H34O10/c1-13(2)27-21(35-16(5)31)15(4)28-18-11-14(3)20(32)26(18,34)24(33)25(12-30)22(36-25)19(28)23(27)37-29(38-27,39-28)17-9-7-6-8-10-17/h6-10,14-15,18-19,21-24,30,33-34H,1,11-12H2,2-5H3/t14-,15-,18-,19+,21-,22+,23-,24-,25+,26-,27+,28+,29-/m1/s1. The Morgan fingerprint density at radius 1 is 1.13 bits per heavy atom. The number of aliphatic hydroxyl groups excluding tert-OH is 2. The van der Waals surface area contributed by atoms with E-state index < -0.39 is 94.8 Å². The summed E-state index contributed by atoms with van der Waals surface area (Å²) in [6, 6.07) is 9.06. The second-order valence-corrected chi connectivity index (χ2v) is 12.4. The summed E-state index contributed by atoms with van der Waals surface area (Å²) in [5, 5.41) is 34.5. The molecule has 3 bridgehead atoms. The van der Waals surface area contributed by atoms with Crippen molar-refractivity contribution in [3.8, 4) is 0 Å². The van der Waals surface area contributed by atoms with Crippen LogP contribution in [0.2, 0.25) is 0 Å². The summed E-state index contributed by atoms with van der Waals surface area (Å²) < 4.78 is 32.7. The third kappa shape index (κ3) is 2.63. The lowest BCUT2D eigenvalue weighted by Crippen LogP contribution is -2.76. The molecule has 1 aromatic carbocycles. The molecule has 3 N–H and O–H groups in total. The van der Waals surface area contributed by atoms with Gasteiger partial charge < -0.3 is 39.0 Å². The van der Waals surface area contributed by atoms with Crippen LogP contribution in [-0.4, -0.2) is 80.5 Å². The van der Waals surface area contributed by atoms with E-state index in [1.165, 1.54) is 6.92 Å². The van der Waals surface area contributed by atoms with E-state index in [1.54, 1.807) is 26.0 Å². The maximum absolute atomic E-state index is 13.7. The average molecular weight is 543 g/mol. The average Bonchev–Trinajstić information content (AvgIpc) is 3.53. The van der Waals surface area contributed by atoms with Gasteiger partial charge in [0.1, 0.15) is 30.0 Å². The van der Waals surface area contributed by atoms with Crippen molar-refractivity contribution in [3.05, 3.63) is 48.0 Å². The Balaban J connectivity index is 1.55. The van der Waals surface area contributed by atoms with Gasteiger partial charge in [0.2, 0.25) is 0 Å². The second-order valence-electron chi connectivity index (χ2n) is 12.4. The minimum absolute atomic E-state index is 0.200. The number of carbonyl (C=O) groups excluding carboxylic acids is 2. The third-order valence-electron chi connectivity index (χ3n) is 10.6. The summed E-state index contributed by atoms with van der Waals surface area (Å²) in [5.41, 5.74) is -5.63. The van der Waals surface area contributed by atoms with Crippen molar-refractivity contribution < 1.29 is 48.6 Å². The highest BCUT2D eigenvalue weighted by Crippen LogP contribution is 2.74. The molecule has 3 aliphatic carbocycles.